The fourth-order valence-electron chi connectivity index (χ4n) is 3.18. The lowest BCUT2D eigenvalue weighted by molar-refractivity contribution is -0.0445. The van der Waals surface area contributed by atoms with Gasteiger partial charge in [-0.3, -0.25) is 14.3 Å². The molecule has 0 aromatic carbocycles. The van der Waals surface area contributed by atoms with Gasteiger partial charge in [0.05, 0.1) is 13.3 Å². The first kappa shape index (κ1) is 18.1. The van der Waals surface area contributed by atoms with Crippen molar-refractivity contribution in [3.63, 3.8) is 0 Å². The number of aliphatic hydroxyl groups is 2. The van der Waals surface area contributed by atoms with Crippen LogP contribution in [-0.2, 0) is 9.30 Å². The third-order valence-corrected chi connectivity index (χ3v) is 6.00. The maximum Gasteiger partial charge on any atom is 0.359 e. The van der Waals surface area contributed by atoms with Crippen molar-refractivity contribution in [2.24, 2.45) is 0 Å². The monoisotopic (exact) mass is 377 g/mol. The molecule has 1 aromatic heterocycles. The highest BCUT2D eigenvalue weighted by atomic mass is 31.2. The molecule has 12 nitrogen and oxygen atoms in total. The number of nitrogens with zero attached hydrogens (tertiary/aromatic N) is 3. The molecule has 0 saturated carbocycles. The number of aromatic nitrogens is 2. The Morgan fingerprint density at radius 1 is 1.52 bits per heavy atom. The van der Waals surface area contributed by atoms with Gasteiger partial charge in [-0.25, -0.2) is 0 Å². The van der Waals surface area contributed by atoms with E-state index in [1.54, 1.807) is 4.90 Å². The van der Waals surface area contributed by atoms with Crippen LogP contribution in [0.2, 0.25) is 0 Å². The van der Waals surface area contributed by atoms with E-state index >= 15 is 0 Å². The molecule has 1 aromatic rings. The summed E-state index contributed by atoms with van der Waals surface area (Å²) in [5.41, 5.74) is 5.40. The van der Waals surface area contributed by atoms with Crippen molar-refractivity contribution in [3.05, 3.63) is 10.4 Å². The molecule has 3 unspecified atom stereocenters. The molecule has 25 heavy (non-hydrogen) atoms. The van der Waals surface area contributed by atoms with Crippen molar-refractivity contribution in [3.8, 4) is 0 Å². The van der Waals surface area contributed by atoms with Crippen molar-refractivity contribution < 1.29 is 29.3 Å². The molecule has 3 rings (SSSR count). The summed E-state index contributed by atoms with van der Waals surface area (Å²) in [6, 6.07) is 0. The second kappa shape index (κ2) is 5.94. The predicted molar refractivity (Wildman–Crippen MR) is 87.0 cm³/mol. The molecule has 1 saturated heterocycles. The third kappa shape index (κ3) is 2.71. The van der Waals surface area contributed by atoms with Gasteiger partial charge >= 0.3 is 7.60 Å². The Morgan fingerprint density at radius 2 is 2.20 bits per heavy atom. The van der Waals surface area contributed by atoms with Crippen molar-refractivity contribution in [2.45, 2.75) is 31.0 Å². The summed E-state index contributed by atoms with van der Waals surface area (Å²) in [4.78, 5) is 40.8. The number of nitrogens with one attached hydrogen (secondary N) is 1. The summed E-state index contributed by atoms with van der Waals surface area (Å²) in [7, 11) is -4.98. The zero-order valence-electron chi connectivity index (χ0n) is 13.4. The Kier molecular flexibility index (Phi) is 4.30. The summed E-state index contributed by atoms with van der Waals surface area (Å²) in [5.74, 6) is 0.0772. The second-order valence-corrected chi connectivity index (χ2v) is 7.84. The molecule has 0 aliphatic carbocycles. The summed E-state index contributed by atoms with van der Waals surface area (Å²) in [6.07, 6.45) is -2.94. The highest BCUT2D eigenvalue weighted by Gasteiger charge is 2.60. The topological polar surface area (TPSA) is 185 Å². The highest BCUT2D eigenvalue weighted by molar-refractivity contribution is 7.53. The molecule has 2 aliphatic heterocycles. The quantitative estimate of drug-likeness (QED) is 0.317. The minimum Gasteiger partial charge on any atom is -0.394 e. The van der Waals surface area contributed by atoms with Gasteiger partial charge in [-0.15, -0.1) is 0 Å². The minimum atomic E-state index is -4.98. The molecule has 1 fully saturated rings. The van der Waals surface area contributed by atoms with Crippen LogP contribution in [0.4, 0.5) is 17.5 Å². The van der Waals surface area contributed by atoms with Crippen LogP contribution in [-0.4, -0.2) is 67.5 Å². The van der Waals surface area contributed by atoms with E-state index in [1.807, 2.05) is 6.92 Å². The van der Waals surface area contributed by atoms with E-state index < -0.39 is 43.9 Å². The van der Waals surface area contributed by atoms with Crippen molar-refractivity contribution in [2.75, 3.05) is 35.4 Å². The number of fused-ring (bicyclic) bond motifs is 1. The summed E-state index contributed by atoms with van der Waals surface area (Å²) < 4.78 is 17.2. The number of anilines is 3. The number of H-pyrrole nitrogens is 1. The molecule has 0 spiro atoms. The van der Waals surface area contributed by atoms with Crippen LogP contribution in [0.25, 0.3) is 0 Å². The average molecular weight is 377 g/mol. The average Bonchev–Trinajstić information content (AvgIpc) is 3.05. The van der Waals surface area contributed by atoms with Crippen LogP contribution in [0, 0.1) is 0 Å². The first-order valence-corrected chi connectivity index (χ1v) is 9.19. The van der Waals surface area contributed by atoms with Gasteiger partial charge in [0.15, 0.2) is 11.2 Å². The number of nitrogens with two attached hydrogens (primary N) is 1. The maximum atomic E-state index is 12.2. The van der Waals surface area contributed by atoms with Crippen LogP contribution in [0.1, 0.15) is 13.3 Å². The van der Waals surface area contributed by atoms with Crippen molar-refractivity contribution in [1.29, 1.82) is 0 Å². The van der Waals surface area contributed by atoms with Gasteiger partial charge in [-0.05, 0) is 6.92 Å². The smallest absolute Gasteiger partial charge is 0.359 e. The number of nitrogen functional groups attached to an aromatic ring is 1. The van der Waals surface area contributed by atoms with Crippen molar-refractivity contribution >= 4 is 25.0 Å². The SMILES string of the molecule is CCN1CN(C2CC(O)(P(=O)(O)O)C(CO)O2)c2nc(N)[nH]c(=O)c21. The third-order valence-electron chi connectivity index (χ3n) is 4.52. The Hall–Kier alpha value is -1.69. The molecule has 0 amide bonds. The van der Waals surface area contributed by atoms with E-state index in [4.69, 9.17) is 10.5 Å². The number of ether oxygens (including phenoxy) is 1. The Morgan fingerprint density at radius 3 is 2.72 bits per heavy atom. The van der Waals surface area contributed by atoms with E-state index in [-0.39, 0.29) is 24.1 Å². The van der Waals surface area contributed by atoms with Gasteiger partial charge in [-0.2, -0.15) is 4.98 Å². The molecule has 3 atom stereocenters. The van der Waals surface area contributed by atoms with Crippen molar-refractivity contribution in [1.82, 2.24) is 9.97 Å². The molecular weight excluding hydrogens is 357 g/mol. The lowest BCUT2D eigenvalue weighted by atomic mass is 10.1. The Balaban J connectivity index is 2.00. The second-order valence-electron chi connectivity index (χ2n) is 5.98. The standard InChI is InChI=1S/C12H20N5O7P/c1-2-16-5-17(9-8(16)10(19)15-11(13)14-9)7-3-12(20,25(21,22)23)6(4-18)24-7/h6-7,18,20H,2-5H2,1H3,(H2,21,22,23)(H3,13,14,15,19). The first-order valence-electron chi connectivity index (χ1n) is 7.58. The van der Waals surface area contributed by atoms with Gasteiger partial charge in [0.2, 0.25) is 5.95 Å². The molecule has 13 heteroatoms. The van der Waals surface area contributed by atoms with Crippen LogP contribution in [0.5, 0.6) is 0 Å². The highest BCUT2D eigenvalue weighted by Crippen LogP contribution is 2.57. The number of aromatic amines is 1. The van der Waals surface area contributed by atoms with E-state index in [0.29, 0.717) is 6.54 Å². The predicted octanol–water partition coefficient (Wildman–Crippen LogP) is -2.07. The van der Waals surface area contributed by atoms with E-state index in [9.17, 15) is 29.4 Å². The fraction of sp³-hybridized carbons (Fsp3) is 0.667. The number of aliphatic hydroxyl groups excluding tert-OH is 1. The van der Waals surface area contributed by atoms with E-state index in [2.05, 4.69) is 9.97 Å². The number of rotatable bonds is 4. The molecular formula is C12H20N5O7P. The normalized spacial score (nSPS) is 29.3. The maximum absolute atomic E-state index is 12.2. The largest absolute Gasteiger partial charge is 0.394 e. The molecule has 2 aliphatic rings. The van der Waals surface area contributed by atoms with Gasteiger partial charge in [0.25, 0.3) is 5.56 Å². The summed E-state index contributed by atoms with van der Waals surface area (Å²) in [5, 5.41) is 17.2. The zero-order valence-corrected chi connectivity index (χ0v) is 14.3. The molecule has 0 bridgehead atoms. The zero-order chi connectivity index (χ0) is 18.6. The Labute approximate surface area is 142 Å². The number of hydrogen-bond acceptors (Lipinski definition) is 9. The van der Waals surface area contributed by atoms with Gasteiger partial charge < -0.3 is 40.3 Å². The Bertz CT molecular complexity index is 782. The summed E-state index contributed by atoms with van der Waals surface area (Å²) in [6.45, 7) is 1.67. The van der Waals surface area contributed by atoms with Gasteiger partial charge in [-0.1, -0.05) is 0 Å². The van der Waals surface area contributed by atoms with Crippen LogP contribution in [0.3, 0.4) is 0 Å². The van der Waals surface area contributed by atoms with Gasteiger partial charge in [0.1, 0.15) is 18.0 Å². The molecule has 7 N–H and O–H groups in total. The molecule has 140 valence electrons. The first-order chi connectivity index (χ1) is 11.6. The fourth-order valence-corrected chi connectivity index (χ4v) is 4.09. The van der Waals surface area contributed by atoms with Crippen LogP contribution < -0.4 is 21.1 Å². The van der Waals surface area contributed by atoms with E-state index in [0.717, 1.165) is 0 Å². The lowest BCUT2D eigenvalue weighted by Gasteiger charge is -2.27. The summed E-state index contributed by atoms with van der Waals surface area (Å²) >= 11 is 0. The molecule has 3 heterocycles. The molecule has 0 radical (unpaired) electrons. The number of hydrogen-bond donors (Lipinski definition) is 6. The van der Waals surface area contributed by atoms with E-state index in [1.165, 1.54) is 4.90 Å². The minimum absolute atomic E-state index is 0.117. The lowest BCUT2D eigenvalue weighted by Crippen LogP contribution is -2.40. The van der Waals surface area contributed by atoms with Gasteiger partial charge in [0, 0.05) is 13.0 Å². The van der Waals surface area contributed by atoms with Crippen LogP contribution in [0.15, 0.2) is 4.79 Å². The van der Waals surface area contributed by atoms with Crippen LogP contribution >= 0.6 is 7.60 Å².